The summed E-state index contributed by atoms with van der Waals surface area (Å²) < 4.78 is 11.8. The van der Waals surface area contributed by atoms with Gasteiger partial charge in [0.15, 0.2) is 0 Å². The molecule has 1 amide bonds. The van der Waals surface area contributed by atoms with Gasteiger partial charge in [-0.1, -0.05) is 22.0 Å². The molecule has 1 aliphatic heterocycles. The third kappa shape index (κ3) is 3.99. The summed E-state index contributed by atoms with van der Waals surface area (Å²) in [6.45, 7) is 1.63. The van der Waals surface area contributed by atoms with Crippen molar-refractivity contribution >= 4 is 21.8 Å². The number of hydrogen-bond acceptors (Lipinski definition) is 3. The summed E-state index contributed by atoms with van der Waals surface area (Å²) in [5.74, 6) is 0.751. The molecule has 1 aliphatic rings. The first-order valence-corrected chi connectivity index (χ1v) is 6.83. The standard InChI is InChI=1S/C13H16BrNO3/c14-10-3-1-4-11(9-10)17-8-6-15-13(16)12-5-2-7-18-12/h1,3-4,9,12H,2,5-8H2,(H,15,16). The van der Waals surface area contributed by atoms with Crippen LogP contribution in [0, 0.1) is 0 Å². The van der Waals surface area contributed by atoms with E-state index in [-0.39, 0.29) is 12.0 Å². The number of hydrogen-bond donors (Lipinski definition) is 1. The normalized spacial score (nSPS) is 18.6. The van der Waals surface area contributed by atoms with Crippen LogP contribution in [-0.4, -0.2) is 31.8 Å². The second kappa shape index (κ2) is 6.75. The van der Waals surface area contributed by atoms with Crippen molar-refractivity contribution in [2.45, 2.75) is 18.9 Å². The van der Waals surface area contributed by atoms with E-state index in [0.717, 1.165) is 23.1 Å². The van der Waals surface area contributed by atoms with E-state index in [9.17, 15) is 4.79 Å². The summed E-state index contributed by atoms with van der Waals surface area (Å²) in [6, 6.07) is 7.62. The molecule has 4 nitrogen and oxygen atoms in total. The van der Waals surface area contributed by atoms with E-state index in [1.165, 1.54) is 0 Å². The van der Waals surface area contributed by atoms with Gasteiger partial charge in [0.25, 0.3) is 0 Å². The molecule has 1 N–H and O–H groups in total. The molecule has 1 unspecified atom stereocenters. The van der Waals surface area contributed by atoms with Crippen molar-refractivity contribution in [3.8, 4) is 5.75 Å². The van der Waals surface area contributed by atoms with Gasteiger partial charge in [-0.3, -0.25) is 4.79 Å². The van der Waals surface area contributed by atoms with Gasteiger partial charge in [0.05, 0.1) is 6.54 Å². The molecule has 1 aromatic carbocycles. The van der Waals surface area contributed by atoms with E-state index in [4.69, 9.17) is 9.47 Å². The van der Waals surface area contributed by atoms with Crippen LogP contribution < -0.4 is 10.1 Å². The monoisotopic (exact) mass is 313 g/mol. The summed E-state index contributed by atoms with van der Waals surface area (Å²) in [5, 5.41) is 2.81. The predicted molar refractivity (Wildman–Crippen MR) is 71.6 cm³/mol. The molecule has 0 radical (unpaired) electrons. The van der Waals surface area contributed by atoms with Gasteiger partial charge in [-0.15, -0.1) is 0 Å². The Bertz CT molecular complexity index is 405. The van der Waals surface area contributed by atoms with Crippen molar-refractivity contribution in [1.29, 1.82) is 0 Å². The number of carbonyl (C=O) groups is 1. The molecular weight excluding hydrogens is 298 g/mol. The first-order valence-electron chi connectivity index (χ1n) is 6.03. The lowest BCUT2D eigenvalue weighted by Crippen LogP contribution is -2.36. The molecule has 5 heteroatoms. The molecule has 1 heterocycles. The highest BCUT2D eigenvalue weighted by molar-refractivity contribution is 9.10. The lowest BCUT2D eigenvalue weighted by Gasteiger charge is -2.11. The van der Waals surface area contributed by atoms with Gasteiger partial charge < -0.3 is 14.8 Å². The molecule has 1 saturated heterocycles. The van der Waals surface area contributed by atoms with Crippen LogP contribution in [0.2, 0.25) is 0 Å². The molecule has 1 aromatic rings. The minimum atomic E-state index is -0.268. The zero-order valence-electron chi connectivity index (χ0n) is 10.0. The first-order chi connectivity index (χ1) is 8.75. The third-order valence-electron chi connectivity index (χ3n) is 2.69. The summed E-state index contributed by atoms with van der Waals surface area (Å²) in [7, 11) is 0. The van der Waals surface area contributed by atoms with Crippen molar-refractivity contribution in [3.63, 3.8) is 0 Å². The van der Waals surface area contributed by atoms with Crippen LogP contribution in [0.5, 0.6) is 5.75 Å². The quantitative estimate of drug-likeness (QED) is 0.847. The Labute approximate surface area is 115 Å². The van der Waals surface area contributed by atoms with Crippen LogP contribution in [0.4, 0.5) is 0 Å². The van der Waals surface area contributed by atoms with Crippen LogP contribution in [-0.2, 0) is 9.53 Å². The van der Waals surface area contributed by atoms with Crippen LogP contribution in [0.3, 0.4) is 0 Å². The van der Waals surface area contributed by atoms with Gasteiger partial charge in [0.2, 0.25) is 5.91 Å². The fraction of sp³-hybridized carbons (Fsp3) is 0.462. The Morgan fingerprint density at radius 1 is 1.56 bits per heavy atom. The third-order valence-corrected chi connectivity index (χ3v) is 3.18. The Morgan fingerprint density at radius 2 is 2.44 bits per heavy atom. The second-order valence-corrected chi connectivity index (χ2v) is 5.01. The average Bonchev–Trinajstić information content (AvgIpc) is 2.88. The SMILES string of the molecule is O=C(NCCOc1cccc(Br)c1)C1CCCO1. The number of amides is 1. The minimum absolute atomic E-state index is 0.0367. The maximum absolute atomic E-state index is 11.6. The molecule has 98 valence electrons. The Hall–Kier alpha value is -1.07. The van der Waals surface area contributed by atoms with Gasteiger partial charge in [-0.25, -0.2) is 0 Å². The molecule has 0 bridgehead atoms. The van der Waals surface area contributed by atoms with E-state index in [1.54, 1.807) is 0 Å². The lowest BCUT2D eigenvalue weighted by molar-refractivity contribution is -0.130. The lowest BCUT2D eigenvalue weighted by atomic mass is 10.2. The fourth-order valence-electron chi connectivity index (χ4n) is 1.80. The first kappa shape index (κ1) is 13.4. The minimum Gasteiger partial charge on any atom is -0.492 e. The maximum Gasteiger partial charge on any atom is 0.249 e. The van der Waals surface area contributed by atoms with Crippen molar-refractivity contribution < 1.29 is 14.3 Å². The van der Waals surface area contributed by atoms with Crippen LogP contribution in [0.25, 0.3) is 0 Å². The van der Waals surface area contributed by atoms with E-state index in [1.807, 2.05) is 24.3 Å². The van der Waals surface area contributed by atoms with E-state index < -0.39 is 0 Å². The topological polar surface area (TPSA) is 47.6 Å². The molecule has 0 aromatic heterocycles. The van der Waals surface area contributed by atoms with Gasteiger partial charge in [0.1, 0.15) is 18.5 Å². The highest BCUT2D eigenvalue weighted by Gasteiger charge is 2.22. The Morgan fingerprint density at radius 3 is 3.17 bits per heavy atom. The van der Waals surface area contributed by atoms with Crippen LogP contribution >= 0.6 is 15.9 Å². The Kier molecular flexibility index (Phi) is 5.01. The molecular formula is C13H16BrNO3. The number of carbonyl (C=O) groups excluding carboxylic acids is 1. The predicted octanol–water partition coefficient (Wildman–Crippen LogP) is 2.12. The van der Waals surface area contributed by atoms with Gasteiger partial charge >= 0.3 is 0 Å². The molecule has 0 aliphatic carbocycles. The number of nitrogens with one attached hydrogen (secondary N) is 1. The zero-order valence-corrected chi connectivity index (χ0v) is 11.6. The van der Waals surface area contributed by atoms with Crippen molar-refractivity contribution in [3.05, 3.63) is 28.7 Å². The van der Waals surface area contributed by atoms with Gasteiger partial charge in [0, 0.05) is 11.1 Å². The van der Waals surface area contributed by atoms with Crippen LogP contribution in [0.1, 0.15) is 12.8 Å². The largest absolute Gasteiger partial charge is 0.492 e. The highest BCUT2D eigenvalue weighted by Crippen LogP contribution is 2.17. The van der Waals surface area contributed by atoms with Crippen molar-refractivity contribution in [2.75, 3.05) is 19.8 Å². The number of ether oxygens (including phenoxy) is 2. The average molecular weight is 314 g/mol. The maximum atomic E-state index is 11.6. The van der Waals surface area contributed by atoms with Gasteiger partial charge in [-0.2, -0.15) is 0 Å². The Balaban J connectivity index is 1.65. The van der Waals surface area contributed by atoms with E-state index in [0.29, 0.717) is 19.8 Å². The number of rotatable bonds is 5. The molecule has 1 atom stereocenters. The summed E-state index contributed by atoms with van der Waals surface area (Å²) >= 11 is 3.37. The second-order valence-electron chi connectivity index (χ2n) is 4.10. The summed E-state index contributed by atoms with van der Waals surface area (Å²) in [6.07, 6.45) is 1.51. The fourth-order valence-corrected chi connectivity index (χ4v) is 2.18. The molecule has 1 fully saturated rings. The van der Waals surface area contributed by atoms with Crippen molar-refractivity contribution in [2.24, 2.45) is 0 Å². The van der Waals surface area contributed by atoms with E-state index >= 15 is 0 Å². The molecule has 2 rings (SSSR count). The molecule has 0 saturated carbocycles. The number of benzene rings is 1. The highest BCUT2D eigenvalue weighted by atomic mass is 79.9. The molecule has 18 heavy (non-hydrogen) atoms. The van der Waals surface area contributed by atoms with Gasteiger partial charge in [-0.05, 0) is 31.0 Å². The smallest absolute Gasteiger partial charge is 0.249 e. The molecule has 0 spiro atoms. The van der Waals surface area contributed by atoms with E-state index in [2.05, 4.69) is 21.2 Å². The zero-order chi connectivity index (χ0) is 12.8. The summed E-state index contributed by atoms with van der Waals surface area (Å²) in [4.78, 5) is 11.6. The number of halogens is 1. The summed E-state index contributed by atoms with van der Waals surface area (Å²) in [5.41, 5.74) is 0. The van der Waals surface area contributed by atoms with Crippen LogP contribution in [0.15, 0.2) is 28.7 Å². The van der Waals surface area contributed by atoms with Crippen molar-refractivity contribution in [1.82, 2.24) is 5.32 Å².